The van der Waals surface area contributed by atoms with Crippen LogP contribution in [0.3, 0.4) is 0 Å². The Morgan fingerprint density at radius 2 is 2.00 bits per heavy atom. The van der Waals surface area contributed by atoms with E-state index in [4.69, 9.17) is 8.22 Å². The molecule has 5 heteroatoms. The van der Waals surface area contributed by atoms with Gasteiger partial charge in [-0.2, -0.15) is 0 Å². The van der Waals surface area contributed by atoms with Crippen LogP contribution in [0.15, 0.2) is 48.5 Å². The van der Waals surface area contributed by atoms with E-state index in [1.54, 1.807) is 56.3 Å². The maximum absolute atomic E-state index is 13.4. The van der Waals surface area contributed by atoms with E-state index in [9.17, 15) is 9.59 Å². The number of nitrogens with zero attached hydrogens (tertiary/aromatic N) is 3. The molecule has 1 amide bonds. The number of hydrogen-bond acceptors (Lipinski definition) is 4. The molecule has 0 aliphatic carbocycles. The summed E-state index contributed by atoms with van der Waals surface area (Å²) in [4.78, 5) is 36.4. The third kappa shape index (κ3) is 3.77. The third-order valence-corrected chi connectivity index (χ3v) is 4.88. The summed E-state index contributed by atoms with van der Waals surface area (Å²) in [5.74, 6) is -2.05. The molecule has 0 unspecified atom stereocenters. The van der Waals surface area contributed by atoms with E-state index < -0.39 is 36.9 Å². The Bertz CT molecular complexity index is 1320. The molecule has 0 saturated carbocycles. The van der Waals surface area contributed by atoms with Crippen LogP contribution >= 0.6 is 0 Å². The Balaban J connectivity index is 1.76. The van der Waals surface area contributed by atoms with Crippen molar-refractivity contribution in [1.82, 2.24) is 9.97 Å². The molecule has 5 nitrogen and oxygen atoms in total. The summed E-state index contributed by atoms with van der Waals surface area (Å²) < 4.78 is 47.4. The van der Waals surface area contributed by atoms with Crippen molar-refractivity contribution in [2.24, 2.45) is 5.89 Å². The molecule has 4 rings (SSSR count). The van der Waals surface area contributed by atoms with Crippen LogP contribution in [0.1, 0.15) is 68.9 Å². The number of carbonyl (C=O) groups is 2. The van der Waals surface area contributed by atoms with Gasteiger partial charge in [-0.15, -0.1) is 0 Å². The summed E-state index contributed by atoms with van der Waals surface area (Å²) >= 11 is 0. The minimum absolute atomic E-state index is 0.122. The van der Waals surface area contributed by atoms with Crippen LogP contribution in [-0.4, -0.2) is 21.7 Å². The summed E-state index contributed by atoms with van der Waals surface area (Å²) in [7, 11) is 0. The highest BCUT2D eigenvalue weighted by Gasteiger charge is 2.39. The van der Waals surface area contributed by atoms with Crippen LogP contribution in [-0.2, 0) is 4.79 Å². The largest absolute Gasteiger partial charge is 0.300 e. The summed E-state index contributed by atoms with van der Waals surface area (Å²) in [6, 6.07) is 12.3. The monoisotopic (exact) mass is 393 g/mol. The van der Waals surface area contributed by atoms with Gasteiger partial charge < -0.3 is 0 Å². The second-order valence-corrected chi connectivity index (χ2v) is 7.38. The summed E-state index contributed by atoms with van der Waals surface area (Å²) in [5.41, 5.74) is 0.996. The number of rotatable bonds is 6. The van der Waals surface area contributed by atoms with Crippen molar-refractivity contribution in [3.63, 3.8) is 0 Å². The van der Waals surface area contributed by atoms with Crippen LogP contribution in [0.5, 0.6) is 0 Å². The van der Waals surface area contributed by atoms with Gasteiger partial charge in [0, 0.05) is 37.7 Å². The van der Waals surface area contributed by atoms with Crippen LogP contribution in [0.2, 0.25) is 0 Å². The van der Waals surface area contributed by atoms with Crippen LogP contribution < -0.4 is 4.90 Å². The zero-order chi connectivity index (χ0) is 25.8. The smallest absolute Gasteiger partial charge is 0.260 e. The highest BCUT2D eigenvalue weighted by Crippen LogP contribution is 2.39. The van der Waals surface area contributed by atoms with E-state index in [1.165, 1.54) is 11.0 Å². The summed E-state index contributed by atoms with van der Waals surface area (Å²) in [6.07, 6.45) is -2.82. The van der Waals surface area contributed by atoms with Gasteiger partial charge in [-0.05, 0) is 55.1 Å². The summed E-state index contributed by atoms with van der Waals surface area (Å²) in [5, 5.41) is 0.590. The molecule has 2 aromatic heterocycles. The average Bonchev–Trinajstić information content (AvgIpc) is 3.02. The third-order valence-electron chi connectivity index (χ3n) is 4.88. The first-order chi connectivity index (χ1) is 16.2. The molecule has 0 N–H and O–H groups in total. The molecule has 0 spiro atoms. The van der Waals surface area contributed by atoms with Crippen molar-refractivity contribution in [3.8, 4) is 0 Å². The Labute approximate surface area is 179 Å². The number of carbonyl (C=O) groups excluding carboxylic acids is 2. The number of hydrogen-bond donors (Lipinski definition) is 0. The zero-order valence-electron chi connectivity index (χ0n) is 22.3. The SMILES string of the molecule is [2H]C(C)(C)CC([2H])([2H])C(=O)C[C@H]1c2ccccc2C(=O)N1c1ccc2ccc(C([2H])([2H])[2H])nc2n1. The molecule has 1 aromatic carbocycles. The van der Waals surface area contributed by atoms with Crippen LogP contribution in [0.25, 0.3) is 11.0 Å². The number of aryl methyl sites for hydroxylation is 1. The topological polar surface area (TPSA) is 63.2 Å². The van der Waals surface area contributed by atoms with Gasteiger partial charge in [0.05, 0.1) is 6.04 Å². The molecule has 148 valence electrons. The fourth-order valence-corrected chi connectivity index (χ4v) is 3.50. The van der Waals surface area contributed by atoms with Gasteiger partial charge in [0.1, 0.15) is 11.6 Å². The van der Waals surface area contributed by atoms with E-state index >= 15 is 0 Å². The molecular formula is C24H25N3O2. The first kappa shape index (κ1) is 13.2. The standard InChI is InChI=1S/C24H25N3O2/c1-15(2)8-12-18(28)14-21-19-6-4-5-7-20(19)24(29)27(21)22-13-11-17-10-9-16(3)25-23(17)26-22/h4-7,9-11,13,15,21H,8,12,14H2,1-3H3/t21-/m0/s1/i3D3,12D2,15D. The molecule has 3 heterocycles. The number of pyridine rings is 2. The van der Waals surface area contributed by atoms with Gasteiger partial charge in [0.25, 0.3) is 5.91 Å². The number of fused-ring (bicyclic) bond motifs is 2. The first-order valence-corrected chi connectivity index (χ1v) is 9.41. The maximum atomic E-state index is 13.4. The second kappa shape index (κ2) is 7.74. The average molecular weight is 394 g/mol. The van der Waals surface area contributed by atoms with Gasteiger partial charge >= 0.3 is 0 Å². The fourth-order valence-electron chi connectivity index (χ4n) is 3.50. The lowest BCUT2D eigenvalue weighted by Gasteiger charge is -2.24. The molecule has 0 bridgehead atoms. The van der Waals surface area contributed by atoms with Gasteiger partial charge in [-0.3, -0.25) is 14.5 Å². The number of ketones is 1. The molecule has 1 aliphatic heterocycles. The highest BCUT2D eigenvalue weighted by molar-refractivity contribution is 6.11. The number of benzene rings is 1. The van der Waals surface area contributed by atoms with Gasteiger partial charge in [0.2, 0.25) is 0 Å². The minimum atomic E-state index is -2.42. The van der Waals surface area contributed by atoms with Crippen molar-refractivity contribution in [2.75, 3.05) is 4.90 Å². The minimum Gasteiger partial charge on any atom is -0.300 e. The van der Waals surface area contributed by atoms with E-state index in [0.717, 1.165) is 0 Å². The van der Waals surface area contributed by atoms with Crippen LogP contribution in [0, 0.1) is 12.7 Å². The summed E-state index contributed by atoms with van der Waals surface area (Å²) in [6.45, 7) is 0.661. The first-order valence-electron chi connectivity index (χ1n) is 12.4. The van der Waals surface area contributed by atoms with Crippen molar-refractivity contribution >= 4 is 28.5 Å². The molecule has 0 saturated heterocycles. The molecule has 1 aliphatic rings. The van der Waals surface area contributed by atoms with Gasteiger partial charge in [0.15, 0.2) is 5.65 Å². The number of amides is 1. The lowest BCUT2D eigenvalue weighted by atomic mass is 9.97. The number of Topliss-reactive ketones (excluding diaryl/α,β-unsaturated/α-hetero) is 1. The van der Waals surface area contributed by atoms with Crippen molar-refractivity contribution in [1.29, 1.82) is 0 Å². The molecule has 0 fully saturated rings. The molecule has 1 atom stereocenters. The predicted molar refractivity (Wildman–Crippen MR) is 114 cm³/mol. The van der Waals surface area contributed by atoms with Gasteiger partial charge in [-0.25, -0.2) is 9.97 Å². The van der Waals surface area contributed by atoms with Gasteiger partial charge in [-0.1, -0.05) is 32.0 Å². The lowest BCUT2D eigenvalue weighted by molar-refractivity contribution is -0.119. The van der Waals surface area contributed by atoms with Crippen molar-refractivity contribution < 1.29 is 17.8 Å². The Morgan fingerprint density at radius 3 is 2.79 bits per heavy atom. The van der Waals surface area contributed by atoms with E-state index in [0.29, 0.717) is 16.5 Å². The maximum Gasteiger partial charge on any atom is 0.260 e. The van der Waals surface area contributed by atoms with Crippen molar-refractivity contribution in [2.45, 2.75) is 46.0 Å². The Hall–Kier alpha value is -3.08. The molecular weight excluding hydrogens is 362 g/mol. The Kier molecular flexibility index (Phi) is 3.52. The molecule has 0 radical (unpaired) electrons. The van der Waals surface area contributed by atoms with Crippen molar-refractivity contribution in [3.05, 3.63) is 65.4 Å². The second-order valence-electron chi connectivity index (χ2n) is 7.38. The Morgan fingerprint density at radius 1 is 1.21 bits per heavy atom. The molecule has 29 heavy (non-hydrogen) atoms. The fraction of sp³-hybridized carbons (Fsp3) is 0.333. The van der Waals surface area contributed by atoms with E-state index in [1.807, 2.05) is 0 Å². The predicted octanol–water partition coefficient (Wildman–Crippen LogP) is 5.04. The van der Waals surface area contributed by atoms with E-state index in [2.05, 4.69) is 9.97 Å². The zero-order valence-corrected chi connectivity index (χ0v) is 16.3. The van der Waals surface area contributed by atoms with Crippen LogP contribution in [0.4, 0.5) is 5.82 Å². The lowest BCUT2D eigenvalue weighted by Crippen LogP contribution is -2.30. The normalized spacial score (nSPS) is 20.3. The number of anilines is 1. The quantitative estimate of drug-likeness (QED) is 0.589. The molecule has 3 aromatic rings. The number of aromatic nitrogens is 2. The van der Waals surface area contributed by atoms with E-state index in [-0.39, 0.29) is 30.0 Å². The highest BCUT2D eigenvalue weighted by atomic mass is 16.2.